The van der Waals surface area contributed by atoms with Crippen LogP contribution in [0.5, 0.6) is 0 Å². The highest BCUT2D eigenvalue weighted by molar-refractivity contribution is 5.85. The summed E-state index contributed by atoms with van der Waals surface area (Å²) in [5.74, 6) is -0.847. The van der Waals surface area contributed by atoms with Crippen LogP contribution in [0.2, 0.25) is 0 Å². The Balaban J connectivity index is 0.00000363. The smallest absolute Gasteiger partial charge is 0.341 e. The monoisotopic (exact) mass is 480 g/mol. The number of rotatable bonds is 4. The van der Waals surface area contributed by atoms with Gasteiger partial charge in [0.2, 0.25) is 5.91 Å². The molecule has 0 spiro atoms. The molecule has 1 heterocycles. The van der Waals surface area contributed by atoms with Gasteiger partial charge in [-0.15, -0.1) is 12.4 Å². The minimum absolute atomic E-state index is 0. The molecule has 1 N–H and O–H groups in total. The number of halogens is 7. The number of benzene rings is 2. The quantitative estimate of drug-likeness (QED) is 0.586. The van der Waals surface area contributed by atoms with Gasteiger partial charge in [-0.25, -0.2) is 0 Å². The molecule has 1 amide bonds. The summed E-state index contributed by atoms with van der Waals surface area (Å²) in [6.45, 7) is 0.822. The number of alkyl halides is 6. The first-order chi connectivity index (χ1) is 14.5. The Kier molecular flexibility index (Phi) is 8.22. The Labute approximate surface area is 188 Å². The summed E-state index contributed by atoms with van der Waals surface area (Å²) in [6, 6.07) is 10.8. The van der Waals surface area contributed by atoms with Crippen molar-refractivity contribution in [3.8, 4) is 0 Å². The first-order valence-corrected chi connectivity index (χ1v) is 9.76. The van der Waals surface area contributed by atoms with E-state index < -0.39 is 29.4 Å². The predicted molar refractivity (Wildman–Crippen MR) is 110 cm³/mol. The zero-order valence-corrected chi connectivity index (χ0v) is 17.9. The number of amides is 1. The van der Waals surface area contributed by atoms with Crippen molar-refractivity contribution in [3.63, 3.8) is 0 Å². The van der Waals surface area contributed by atoms with Gasteiger partial charge in [0.15, 0.2) is 0 Å². The Morgan fingerprint density at radius 2 is 1.56 bits per heavy atom. The third-order valence-electron chi connectivity index (χ3n) is 5.47. The number of carbonyl (C=O) groups is 1. The molecule has 0 saturated carbocycles. The summed E-state index contributed by atoms with van der Waals surface area (Å²) in [7, 11) is 1.40. The van der Waals surface area contributed by atoms with Crippen LogP contribution in [0.3, 0.4) is 0 Å². The highest BCUT2D eigenvalue weighted by Crippen LogP contribution is 2.37. The predicted octanol–water partition coefficient (Wildman–Crippen LogP) is 5.50. The fourth-order valence-electron chi connectivity index (χ4n) is 3.95. The summed E-state index contributed by atoms with van der Waals surface area (Å²) in [4.78, 5) is 14.3. The maximum absolute atomic E-state index is 13.1. The minimum Gasteiger partial charge on any atom is -0.341 e. The summed E-state index contributed by atoms with van der Waals surface area (Å²) in [6.07, 6.45) is -9.32. The molecule has 176 valence electrons. The third-order valence-corrected chi connectivity index (χ3v) is 5.47. The van der Waals surface area contributed by atoms with Crippen LogP contribution in [0, 0.1) is 5.92 Å². The van der Waals surface area contributed by atoms with E-state index in [4.69, 9.17) is 0 Å². The van der Waals surface area contributed by atoms with Crippen molar-refractivity contribution in [1.82, 2.24) is 10.2 Å². The molecule has 1 saturated heterocycles. The van der Waals surface area contributed by atoms with E-state index in [0.29, 0.717) is 31.6 Å². The van der Waals surface area contributed by atoms with Gasteiger partial charge in [-0.05, 0) is 42.3 Å². The lowest BCUT2D eigenvalue weighted by Gasteiger charge is -2.34. The standard InChI is InChI=1S/C22H22F6N2O.ClH/c1-30(13-14-9-16(21(23,24)25)11-17(10-14)22(26,27)28)20(31)18-7-8-29-12-19(18)15-5-3-2-4-6-15;/h2-6,9-11,18-19,29H,7-8,12-13H2,1H3;1H. The zero-order valence-electron chi connectivity index (χ0n) is 17.1. The Morgan fingerprint density at radius 3 is 2.09 bits per heavy atom. The largest absolute Gasteiger partial charge is 0.416 e. The van der Waals surface area contributed by atoms with Crippen molar-refractivity contribution in [3.05, 3.63) is 70.8 Å². The highest BCUT2D eigenvalue weighted by atomic mass is 35.5. The molecule has 2 unspecified atom stereocenters. The number of nitrogens with zero attached hydrogens (tertiary/aromatic N) is 1. The third kappa shape index (κ3) is 6.16. The van der Waals surface area contributed by atoms with E-state index in [2.05, 4.69) is 5.32 Å². The topological polar surface area (TPSA) is 32.3 Å². The van der Waals surface area contributed by atoms with Crippen LogP contribution in [0.1, 0.15) is 34.6 Å². The van der Waals surface area contributed by atoms with Crippen molar-refractivity contribution in [2.45, 2.75) is 31.2 Å². The minimum atomic E-state index is -4.92. The molecule has 3 nitrogen and oxygen atoms in total. The molecule has 1 aliphatic heterocycles. The van der Waals surface area contributed by atoms with Gasteiger partial charge in [-0.1, -0.05) is 30.3 Å². The van der Waals surface area contributed by atoms with Crippen molar-refractivity contribution in [1.29, 1.82) is 0 Å². The molecule has 1 aliphatic rings. The van der Waals surface area contributed by atoms with Crippen molar-refractivity contribution in [2.24, 2.45) is 5.92 Å². The summed E-state index contributed by atoms with van der Waals surface area (Å²) < 4.78 is 78.6. The van der Waals surface area contributed by atoms with E-state index >= 15 is 0 Å². The van der Waals surface area contributed by atoms with Gasteiger partial charge in [0, 0.05) is 32.0 Å². The fourth-order valence-corrected chi connectivity index (χ4v) is 3.95. The molecule has 10 heteroatoms. The zero-order chi connectivity index (χ0) is 22.8. The molecule has 32 heavy (non-hydrogen) atoms. The Morgan fingerprint density at radius 1 is 1.00 bits per heavy atom. The van der Waals surface area contributed by atoms with E-state index in [-0.39, 0.29) is 42.4 Å². The molecule has 0 aliphatic carbocycles. The van der Waals surface area contributed by atoms with Crippen LogP contribution >= 0.6 is 12.4 Å². The lowest BCUT2D eigenvalue weighted by Crippen LogP contribution is -2.43. The first kappa shape index (κ1) is 26.0. The molecule has 0 bridgehead atoms. The average Bonchev–Trinajstić information content (AvgIpc) is 2.72. The normalized spacial score (nSPS) is 19.2. The number of nitrogens with one attached hydrogen (secondary N) is 1. The number of hydrogen-bond acceptors (Lipinski definition) is 2. The molecule has 2 aromatic carbocycles. The lowest BCUT2D eigenvalue weighted by atomic mass is 9.80. The Bertz CT molecular complexity index is 885. The van der Waals surface area contributed by atoms with Gasteiger partial charge in [0.1, 0.15) is 0 Å². The molecular formula is C22H23ClF6N2O. The summed E-state index contributed by atoms with van der Waals surface area (Å²) >= 11 is 0. The maximum atomic E-state index is 13.1. The Hall–Kier alpha value is -2.26. The van der Waals surface area contributed by atoms with Crippen molar-refractivity contribution in [2.75, 3.05) is 20.1 Å². The van der Waals surface area contributed by atoms with Gasteiger partial charge >= 0.3 is 12.4 Å². The molecule has 2 atom stereocenters. The number of hydrogen-bond donors (Lipinski definition) is 1. The SMILES string of the molecule is CN(Cc1cc(C(F)(F)F)cc(C(F)(F)F)c1)C(=O)C1CCNCC1c1ccccc1.Cl. The van der Waals surface area contributed by atoms with Crippen molar-refractivity contribution < 1.29 is 31.1 Å². The van der Waals surface area contributed by atoms with E-state index in [9.17, 15) is 31.1 Å². The molecular weight excluding hydrogens is 458 g/mol. The fraction of sp³-hybridized carbons (Fsp3) is 0.409. The van der Waals surface area contributed by atoms with E-state index in [1.54, 1.807) is 0 Å². The van der Waals surface area contributed by atoms with Crippen LogP contribution in [0.25, 0.3) is 0 Å². The highest BCUT2D eigenvalue weighted by Gasteiger charge is 2.38. The van der Waals surface area contributed by atoms with Gasteiger partial charge in [0.05, 0.1) is 11.1 Å². The molecule has 1 fully saturated rings. The second-order valence-electron chi connectivity index (χ2n) is 7.72. The van der Waals surface area contributed by atoms with Gasteiger partial charge in [-0.2, -0.15) is 26.3 Å². The summed E-state index contributed by atoms with van der Waals surface area (Å²) in [5, 5.41) is 3.23. The molecule has 3 rings (SSSR count). The molecule has 2 aromatic rings. The van der Waals surface area contributed by atoms with E-state index in [1.165, 1.54) is 11.9 Å². The van der Waals surface area contributed by atoms with Crippen LogP contribution in [0.15, 0.2) is 48.5 Å². The second kappa shape index (κ2) is 10.1. The lowest BCUT2D eigenvalue weighted by molar-refractivity contribution is -0.143. The first-order valence-electron chi connectivity index (χ1n) is 9.76. The van der Waals surface area contributed by atoms with Crippen LogP contribution in [-0.4, -0.2) is 30.9 Å². The number of piperidine rings is 1. The van der Waals surface area contributed by atoms with Gasteiger partial charge in [-0.3, -0.25) is 4.79 Å². The van der Waals surface area contributed by atoms with Crippen LogP contribution < -0.4 is 5.32 Å². The van der Waals surface area contributed by atoms with Crippen molar-refractivity contribution >= 4 is 18.3 Å². The van der Waals surface area contributed by atoms with Gasteiger partial charge in [0.25, 0.3) is 0 Å². The van der Waals surface area contributed by atoms with Gasteiger partial charge < -0.3 is 10.2 Å². The molecule has 0 aromatic heterocycles. The summed E-state index contributed by atoms with van der Waals surface area (Å²) in [5.41, 5.74) is -2.03. The van der Waals surface area contributed by atoms with E-state index in [1.807, 2.05) is 30.3 Å². The maximum Gasteiger partial charge on any atom is 0.416 e. The van der Waals surface area contributed by atoms with E-state index in [0.717, 1.165) is 5.56 Å². The average molecular weight is 481 g/mol. The molecule has 0 radical (unpaired) electrons. The number of carbonyl (C=O) groups excluding carboxylic acids is 1. The van der Waals surface area contributed by atoms with Crippen LogP contribution in [-0.2, 0) is 23.7 Å². The van der Waals surface area contributed by atoms with Crippen LogP contribution in [0.4, 0.5) is 26.3 Å². The second-order valence-corrected chi connectivity index (χ2v) is 7.72.